The smallest absolute Gasteiger partial charge is 0.228 e. The number of nitrogens with zero attached hydrogens (tertiary/aromatic N) is 2. The molecule has 1 fully saturated rings. The molecular formula is C14H25N3O. The maximum absolute atomic E-state index is 5.39. The van der Waals surface area contributed by atoms with E-state index in [1.54, 1.807) is 0 Å². The second-order valence-electron chi connectivity index (χ2n) is 5.61. The van der Waals surface area contributed by atoms with Crippen LogP contribution in [-0.4, -0.2) is 23.2 Å². The molecular weight excluding hydrogens is 226 g/mol. The Morgan fingerprint density at radius 3 is 2.94 bits per heavy atom. The van der Waals surface area contributed by atoms with Crippen LogP contribution in [0.1, 0.15) is 63.6 Å². The maximum Gasteiger partial charge on any atom is 0.228 e. The summed E-state index contributed by atoms with van der Waals surface area (Å²) in [7, 11) is 1.98. The largest absolute Gasteiger partial charge is 0.339 e. The van der Waals surface area contributed by atoms with Gasteiger partial charge in [0.15, 0.2) is 5.82 Å². The Bertz CT molecular complexity index is 360. The Balaban J connectivity index is 1.96. The van der Waals surface area contributed by atoms with Gasteiger partial charge in [-0.1, -0.05) is 31.8 Å². The van der Waals surface area contributed by atoms with E-state index >= 15 is 0 Å². The molecule has 0 saturated heterocycles. The fourth-order valence-electron chi connectivity index (χ4n) is 2.85. The van der Waals surface area contributed by atoms with Crippen LogP contribution < -0.4 is 5.32 Å². The van der Waals surface area contributed by atoms with Crippen LogP contribution in [0.15, 0.2) is 4.52 Å². The summed E-state index contributed by atoms with van der Waals surface area (Å²) in [6, 6.07) is 0.434. The first kappa shape index (κ1) is 13.5. The predicted molar refractivity (Wildman–Crippen MR) is 71.5 cm³/mol. The van der Waals surface area contributed by atoms with Crippen LogP contribution in [0, 0.1) is 5.92 Å². The van der Waals surface area contributed by atoms with Crippen molar-refractivity contribution >= 4 is 0 Å². The third-order valence-corrected chi connectivity index (χ3v) is 4.11. The molecule has 4 heteroatoms. The van der Waals surface area contributed by atoms with Crippen molar-refractivity contribution in [2.45, 2.75) is 64.3 Å². The van der Waals surface area contributed by atoms with Gasteiger partial charge in [-0.2, -0.15) is 4.98 Å². The van der Waals surface area contributed by atoms with Gasteiger partial charge in [-0.3, -0.25) is 0 Å². The minimum absolute atomic E-state index is 0.434. The molecule has 2 rings (SSSR count). The van der Waals surface area contributed by atoms with E-state index in [1.807, 2.05) is 7.05 Å². The Kier molecular flexibility index (Phi) is 4.75. The van der Waals surface area contributed by atoms with Gasteiger partial charge < -0.3 is 9.84 Å². The number of aromatic nitrogens is 2. The van der Waals surface area contributed by atoms with Gasteiger partial charge >= 0.3 is 0 Å². The van der Waals surface area contributed by atoms with E-state index in [-0.39, 0.29) is 0 Å². The van der Waals surface area contributed by atoms with Gasteiger partial charge in [0.1, 0.15) is 0 Å². The Morgan fingerprint density at radius 2 is 2.28 bits per heavy atom. The fraction of sp³-hybridized carbons (Fsp3) is 0.857. The molecule has 0 aliphatic heterocycles. The van der Waals surface area contributed by atoms with Crippen molar-refractivity contribution in [3.05, 3.63) is 11.7 Å². The van der Waals surface area contributed by atoms with Crippen LogP contribution in [0.4, 0.5) is 0 Å². The average Bonchev–Trinajstić information content (AvgIpc) is 2.84. The first-order valence-electron chi connectivity index (χ1n) is 7.22. The monoisotopic (exact) mass is 251 g/mol. The molecule has 3 unspecified atom stereocenters. The maximum atomic E-state index is 5.39. The molecule has 1 saturated carbocycles. The highest BCUT2D eigenvalue weighted by atomic mass is 16.5. The molecule has 4 nitrogen and oxygen atoms in total. The highest BCUT2D eigenvalue weighted by molar-refractivity contribution is 4.98. The first-order valence-corrected chi connectivity index (χ1v) is 7.22. The highest BCUT2D eigenvalue weighted by Crippen LogP contribution is 2.34. The van der Waals surface area contributed by atoms with Crippen molar-refractivity contribution in [2.24, 2.45) is 5.92 Å². The van der Waals surface area contributed by atoms with Crippen LogP contribution in [0.2, 0.25) is 0 Å². The van der Waals surface area contributed by atoms with Crippen LogP contribution in [0.5, 0.6) is 0 Å². The fourth-order valence-corrected chi connectivity index (χ4v) is 2.85. The molecule has 3 atom stereocenters. The second-order valence-corrected chi connectivity index (χ2v) is 5.61. The van der Waals surface area contributed by atoms with Crippen LogP contribution >= 0.6 is 0 Å². The molecule has 0 amide bonds. The van der Waals surface area contributed by atoms with Crippen LogP contribution in [0.3, 0.4) is 0 Å². The van der Waals surface area contributed by atoms with E-state index in [4.69, 9.17) is 4.52 Å². The molecule has 1 aromatic heterocycles. The topological polar surface area (TPSA) is 51.0 Å². The van der Waals surface area contributed by atoms with Crippen molar-refractivity contribution < 1.29 is 4.52 Å². The average molecular weight is 251 g/mol. The lowest BCUT2D eigenvalue weighted by Crippen LogP contribution is -2.26. The SMILES string of the molecule is CCC(Cc1nc(C2CCCC(C)C2)no1)NC. The Morgan fingerprint density at radius 1 is 1.44 bits per heavy atom. The summed E-state index contributed by atoms with van der Waals surface area (Å²) in [5.74, 6) is 3.03. The number of hydrogen-bond donors (Lipinski definition) is 1. The van der Waals surface area contributed by atoms with E-state index in [0.717, 1.165) is 30.5 Å². The molecule has 0 radical (unpaired) electrons. The van der Waals surface area contributed by atoms with E-state index in [9.17, 15) is 0 Å². The minimum Gasteiger partial charge on any atom is -0.339 e. The van der Waals surface area contributed by atoms with Gasteiger partial charge in [0.25, 0.3) is 0 Å². The third-order valence-electron chi connectivity index (χ3n) is 4.11. The lowest BCUT2D eigenvalue weighted by atomic mass is 9.82. The summed E-state index contributed by atoms with van der Waals surface area (Å²) in [5, 5.41) is 7.45. The normalized spacial score (nSPS) is 26.2. The van der Waals surface area contributed by atoms with Crippen molar-refractivity contribution in [1.82, 2.24) is 15.5 Å². The second kappa shape index (κ2) is 6.32. The minimum atomic E-state index is 0.434. The molecule has 102 valence electrons. The lowest BCUT2D eigenvalue weighted by molar-refractivity contribution is 0.317. The third kappa shape index (κ3) is 3.31. The molecule has 1 aliphatic rings. The van der Waals surface area contributed by atoms with E-state index < -0.39 is 0 Å². The summed E-state index contributed by atoms with van der Waals surface area (Å²) >= 11 is 0. The number of likely N-dealkylation sites (N-methyl/N-ethyl adjacent to an activating group) is 1. The van der Waals surface area contributed by atoms with Gasteiger partial charge in [0.05, 0.1) is 0 Å². The zero-order chi connectivity index (χ0) is 13.0. The molecule has 1 N–H and O–H groups in total. The van der Waals surface area contributed by atoms with Gasteiger partial charge in [-0.25, -0.2) is 0 Å². The van der Waals surface area contributed by atoms with Crippen molar-refractivity contribution in [2.75, 3.05) is 7.05 Å². The van der Waals surface area contributed by atoms with Gasteiger partial charge in [0, 0.05) is 18.4 Å². The quantitative estimate of drug-likeness (QED) is 0.874. The summed E-state index contributed by atoms with van der Waals surface area (Å²) in [4.78, 5) is 4.59. The summed E-state index contributed by atoms with van der Waals surface area (Å²) < 4.78 is 5.39. The van der Waals surface area contributed by atoms with Crippen molar-refractivity contribution in [3.63, 3.8) is 0 Å². The van der Waals surface area contributed by atoms with Gasteiger partial charge in [-0.15, -0.1) is 0 Å². The molecule has 0 spiro atoms. The van der Waals surface area contributed by atoms with Crippen LogP contribution in [0.25, 0.3) is 0 Å². The first-order chi connectivity index (χ1) is 8.72. The molecule has 0 bridgehead atoms. The van der Waals surface area contributed by atoms with Gasteiger partial charge in [0.2, 0.25) is 5.89 Å². The summed E-state index contributed by atoms with van der Waals surface area (Å²) in [5.41, 5.74) is 0. The molecule has 1 aliphatic carbocycles. The van der Waals surface area contributed by atoms with Crippen molar-refractivity contribution in [1.29, 1.82) is 0 Å². The van der Waals surface area contributed by atoms with Crippen molar-refractivity contribution in [3.8, 4) is 0 Å². The lowest BCUT2D eigenvalue weighted by Gasteiger charge is -2.23. The highest BCUT2D eigenvalue weighted by Gasteiger charge is 2.24. The number of rotatable bonds is 5. The van der Waals surface area contributed by atoms with Crippen LogP contribution in [-0.2, 0) is 6.42 Å². The van der Waals surface area contributed by atoms with E-state index in [2.05, 4.69) is 29.3 Å². The number of nitrogens with one attached hydrogen (secondary N) is 1. The molecule has 18 heavy (non-hydrogen) atoms. The predicted octanol–water partition coefficient (Wildman–Crippen LogP) is 2.90. The summed E-state index contributed by atoms with van der Waals surface area (Å²) in [6.07, 6.45) is 6.98. The zero-order valence-corrected chi connectivity index (χ0v) is 11.8. The van der Waals surface area contributed by atoms with E-state index in [0.29, 0.717) is 12.0 Å². The van der Waals surface area contributed by atoms with Gasteiger partial charge in [-0.05, 0) is 32.2 Å². The molecule has 1 aromatic rings. The van der Waals surface area contributed by atoms with E-state index in [1.165, 1.54) is 25.7 Å². The zero-order valence-electron chi connectivity index (χ0n) is 11.8. The number of hydrogen-bond acceptors (Lipinski definition) is 4. The standard InChI is InChI=1S/C14H25N3O/c1-4-12(15-3)9-13-16-14(17-18-13)11-7-5-6-10(2)8-11/h10-12,15H,4-9H2,1-3H3. The summed E-state index contributed by atoms with van der Waals surface area (Å²) in [6.45, 7) is 4.49. The molecule has 0 aromatic carbocycles. The Labute approximate surface area is 110 Å². The molecule has 1 heterocycles. The Hall–Kier alpha value is -0.900.